The van der Waals surface area contributed by atoms with E-state index in [9.17, 15) is 9.59 Å². The van der Waals surface area contributed by atoms with Crippen LogP contribution in [0.5, 0.6) is 0 Å². The van der Waals surface area contributed by atoms with E-state index in [1.165, 1.54) is 0 Å². The number of amides is 1. The van der Waals surface area contributed by atoms with E-state index < -0.39 is 18.2 Å². The molecular formula is C32H29AgNO3PS. The number of hydrogen-bond acceptors (Lipinski definition) is 4. The first kappa shape index (κ1) is 29.2. The summed E-state index contributed by atoms with van der Waals surface area (Å²) in [4.78, 5) is 29.5. The third-order valence-corrected chi connectivity index (χ3v) is 11.8. The molecule has 0 aliphatic carbocycles. The SMILES string of the molecule is CC[C@H]1C(=O)N(C(C(=O)OCc2ccccc2)=P(c2ccccc2)(c2ccccc2)c2ccccc2)[C@@H]1[S-].[Ag+]. The van der Waals surface area contributed by atoms with E-state index in [2.05, 4.69) is 0 Å². The number of esters is 1. The van der Waals surface area contributed by atoms with Crippen LogP contribution in [0, 0.1) is 5.92 Å². The van der Waals surface area contributed by atoms with Crippen molar-refractivity contribution >= 4 is 52.7 Å². The summed E-state index contributed by atoms with van der Waals surface area (Å²) in [7, 11) is 0. The van der Waals surface area contributed by atoms with Crippen LogP contribution in [0.2, 0.25) is 0 Å². The van der Waals surface area contributed by atoms with Gasteiger partial charge in [-0.15, -0.1) is 0 Å². The van der Waals surface area contributed by atoms with Crippen LogP contribution in [-0.4, -0.2) is 27.6 Å². The van der Waals surface area contributed by atoms with E-state index in [0.717, 1.165) is 21.5 Å². The molecule has 1 aliphatic heterocycles. The van der Waals surface area contributed by atoms with E-state index in [1.54, 1.807) is 4.90 Å². The number of ether oxygens (including phenoxy) is 1. The van der Waals surface area contributed by atoms with Gasteiger partial charge in [-0.1, -0.05) is 134 Å². The summed E-state index contributed by atoms with van der Waals surface area (Å²) >= 11 is 5.87. The van der Waals surface area contributed by atoms with Crippen molar-refractivity contribution in [1.82, 2.24) is 4.90 Å². The standard InChI is InChI=1S/C32H30NO3PS.Ag/c1-2-28-29(34)33(31(28)38)30(32(35)36-23-24-15-7-3-8-16-24)37(25-17-9-4-10-18-25,26-19-11-5-12-20-26)27-21-13-6-14-22-27;/h3-22,28,31,38H,2,23H2,1H3;/q;+1/p-1/t28-,31+;/m0./s1. The van der Waals surface area contributed by atoms with E-state index in [-0.39, 0.29) is 40.8 Å². The van der Waals surface area contributed by atoms with Gasteiger partial charge in [0, 0.05) is 12.8 Å². The van der Waals surface area contributed by atoms with Crippen LogP contribution < -0.4 is 15.9 Å². The molecule has 1 amide bonds. The first-order valence-electron chi connectivity index (χ1n) is 12.7. The van der Waals surface area contributed by atoms with Crippen molar-refractivity contribution < 1.29 is 36.7 Å². The molecule has 202 valence electrons. The molecule has 0 saturated carbocycles. The van der Waals surface area contributed by atoms with Crippen molar-refractivity contribution in [1.29, 1.82) is 0 Å². The van der Waals surface area contributed by atoms with Gasteiger partial charge < -0.3 is 22.3 Å². The Morgan fingerprint density at radius 2 is 1.18 bits per heavy atom. The summed E-state index contributed by atoms with van der Waals surface area (Å²) in [5.41, 5.74) is 1.21. The zero-order valence-corrected chi connectivity index (χ0v) is 24.6. The predicted molar refractivity (Wildman–Crippen MR) is 158 cm³/mol. The first-order chi connectivity index (χ1) is 18.6. The van der Waals surface area contributed by atoms with Crippen LogP contribution in [-0.2, 0) is 55.9 Å². The Bertz CT molecular complexity index is 1360. The molecule has 0 aromatic heterocycles. The normalized spacial score (nSPS) is 16.6. The van der Waals surface area contributed by atoms with E-state index in [1.807, 2.05) is 128 Å². The molecule has 4 nitrogen and oxygen atoms in total. The second-order valence-electron chi connectivity index (χ2n) is 9.18. The van der Waals surface area contributed by atoms with Gasteiger partial charge in [0.05, 0.1) is 0 Å². The molecule has 4 aromatic carbocycles. The van der Waals surface area contributed by atoms with E-state index >= 15 is 0 Å². The number of β-lactam (4-membered cyclic amide) rings is 1. The van der Waals surface area contributed by atoms with Crippen molar-refractivity contribution in [2.45, 2.75) is 25.3 Å². The number of carbonyl (C=O) groups is 2. The Morgan fingerprint density at radius 3 is 1.56 bits per heavy atom. The van der Waals surface area contributed by atoms with Gasteiger partial charge >= 0.3 is 28.3 Å². The second-order valence-corrected chi connectivity index (χ2v) is 13.0. The third-order valence-electron chi connectivity index (χ3n) is 6.96. The van der Waals surface area contributed by atoms with Crippen molar-refractivity contribution in [3.63, 3.8) is 0 Å². The molecule has 4 aromatic rings. The molecule has 1 fully saturated rings. The van der Waals surface area contributed by atoms with Crippen LogP contribution >= 0.6 is 6.89 Å². The van der Waals surface area contributed by atoms with Crippen LogP contribution in [0.3, 0.4) is 0 Å². The fraction of sp³-hybridized carbons (Fsp3) is 0.156. The number of benzene rings is 4. The average Bonchev–Trinajstić information content (AvgIpc) is 2.98. The van der Waals surface area contributed by atoms with Gasteiger partial charge in [0.1, 0.15) is 12.0 Å². The smallest absolute Gasteiger partial charge is 0.767 e. The largest absolute Gasteiger partial charge is 1.00 e. The number of likely N-dealkylation sites (tertiary alicyclic amines) is 1. The summed E-state index contributed by atoms with van der Waals surface area (Å²) in [6, 6.07) is 39.5. The molecule has 0 radical (unpaired) electrons. The van der Waals surface area contributed by atoms with Crippen molar-refractivity contribution in [2.24, 2.45) is 5.92 Å². The first-order valence-corrected chi connectivity index (χ1v) is 15.0. The molecule has 7 heteroatoms. The Kier molecular flexibility index (Phi) is 9.76. The van der Waals surface area contributed by atoms with Gasteiger partial charge in [0.25, 0.3) is 0 Å². The monoisotopic (exact) mass is 645 g/mol. The van der Waals surface area contributed by atoms with Gasteiger partial charge in [-0.3, -0.25) is 4.79 Å². The zero-order valence-electron chi connectivity index (χ0n) is 21.4. The van der Waals surface area contributed by atoms with E-state index in [0.29, 0.717) is 11.8 Å². The van der Waals surface area contributed by atoms with Gasteiger partial charge in [-0.2, -0.15) is 0 Å². The molecule has 2 atom stereocenters. The Hall–Kier alpha value is -2.79. The summed E-state index contributed by atoms with van der Waals surface area (Å²) < 4.78 is 5.99. The summed E-state index contributed by atoms with van der Waals surface area (Å²) in [5.74, 6) is -0.936. The van der Waals surface area contributed by atoms with Crippen molar-refractivity contribution in [2.75, 3.05) is 0 Å². The van der Waals surface area contributed by atoms with Gasteiger partial charge in [0.15, 0.2) is 0 Å². The fourth-order valence-corrected chi connectivity index (χ4v) is 10.0. The number of hydrogen-bond donors (Lipinski definition) is 0. The molecule has 0 N–H and O–H groups in total. The molecular weight excluding hydrogens is 617 g/mol. The van der Waals surface area contributed by atoms with Crippen molar-refractivity contribution in [3.8, 4) is 0 Å². The number of nitrogens with zero attached hydrogens (tertiary/aromatic N) is 1. The van der Waals surface area contributed by atoms with Gasteiger partial charge in [-0.25, -0.2) is 4.79 Å². The maximum atomic E-state index is 14.3. The third kappa shape index (κ3) is 5.48. The molecule has 1 heterocycles. The molecule has 1 saturated heterocycles. The quantitative estimate of drug-likeness (QED) is 0.0925. The van der Waals surface area contributed by atoms with Crippen molar-refractivity contribution in [3.05, 3.63) is 127 Å². The Morgan fingerprint density at radius 1 is 0.769 bits per heavy atom. The van der Waals surface area contributed by atoms with Crippen LogP contribution in [0.25, 0.3) is 0 Å². The minimum Gasteiger partial charge on any atom is -0.767 e. The summed E-state index contributed by atoms with van der Waals surface area (Å²) in [5, 5.41) is 2.35. The topological polar surface area (TPSA) is 46.6 Å². The molecule has 39 heavy (non-hydrogen) atoms. The second kappa shape index (κ2) is 13.0. The summed E-state index contributed by atoms with van der Waals surface area (Å²) in [6.45, 7) is -0.834. The molecule has 1 aliphatic rings. The maximum absolute atomic E-state index is 14.3. The predicted octanol–water partition coefficient (Wildman–Crippen LogP) is 4.59. The average molecular weight is 646 g/mol. The molecule has 5 rings (SSSR count). The Labute approximate surface area is 251 Å². The van der Waals surface area contributed by atoms with Crippen LogP contribution in [0.4, 0.5) is 0 Å². The number of rotatable bonds is 8. The Balaban J connectivity index is 0.00000353. The molecule has 0 spiro atoms. The molecule has 0 unspecified atom stereocenters. The summed E-state index contributed by atoms with van der Waals surface area (Å²) in [6.07, 6.45) is 0.628. The maximum Gasteiger partial charge on any atom is 1.00 e. The van der Waals surface area contributed by atoms with Crippen LogP contribution in [0.1, 0.15) is 18.9 Å². The zero-order chi connectivity index (χ0) is 26.5. The minimum atomic E-state index is -2.89. The van der Waals surface area contributed by atoms with Gasteiger partial charge in [-0.05, 0) is 27.9 Å². The van der Waals surface area contributed by atoms with Gasteiger partial charge in [0.2, 0.25) is 5.91 Å². The fourth-order valence-electron chi connectivity index (χ4n) is 5.08. The number of carbonyl (C=O) groups excluding carboxylic acids is 2. The van der Waals surface area contributed by atoms with Crippen LogP contribution in [0.15, 0.2) is 121 Å². The minimum absolute atomic E-state index is 0. The van der Waals surface area contributed by atoms with E-state index in [4.69, 9.17) is 17.4 Å². The molecule has 0 bridgehead atoms.